The highest BCUT2D eigenvalue weighted by Crippen LogP contribution is 2.74. The number of aliphatic hydroxyl groups excluding tert-OH is 1. The van der Waals surface area contributed by atoms with E-state index in [0.29, 0.717) is 19.3 Å². The third-order valence-electron chi connectivity index (χ3n) is 10.3. The number of hydrogen-bond donors (Lipinski definition) is 1. The number of alkyl halides is 2. The van der Waals surface area contributed by atoms with Crippen molar-refractivity contribution in [2.75, 3.05) is 5.88 Å². The van der Waals surface area contributed by atoms with E-state index in [0.717, 1.165) is 5.57 Å². The number of halogens is 2. The van der Waals surface area contributed by atoms with Crippen LogP contribution in [0.5, 0.6) is 0 Å². The van der Waals surface area contributed by atoms with E-state index in [1.54, 1.807) is 18.2 Å². The van der Waals surface area contributed by atoms with Gasteiger partial charge < -0.3 is 9.52 Å². The molecule has 188 valence electrons. The fourth-order valence-corrected chi connectivity index (χ4v) is 9.26. The van der Waals surface area contributed by atoms with Crippen LogP contribution in [0.3, 0.4) is 0 Å². The number of hydrogen-bond acceptors (Lipinski definition) is 5. The molecule has 0 spiro atoms. The SMILES string of the molecule is C[C@@H]1CC2C3CC=C4CC(=O)C=C[C@]4(C)C3(Cl)C(O)C[C@]2(C)[C@@]1(CC(=O)c1ccco1)C(=O)CCl. The van der Waals surface area contributed by atoms with Gasteiger partial charge in [0.25, 0.3) is 0 Å². The quantitative estimate of drug-likeness (QED) is 0.314. The normalized spacial score (nSPS) is 44.3. The molecule has 2 fully saturated rings. The Morgan fingerprint density at radius 1 is 1.26 bits per heavy atom. The largest absolute Gasteiger partial charge is 0.461 e. The first-order valence-corrected chi connectivity index (χ1v) is 13.3. The fourth-order valence-electron chi connectivity index (χ4n) is 8.52. The molecule has 0 bridgehead atoms. The number of aliphatic hydroxyl groups is 1. The van der Waals surface area contributed by atoms with Gasteiger partial charge in [0.2, 0.25) is 0 Å². The molecular weight excluding hydrogens is 487 g/mol. The van der Waals surface area contributed by atoms with Crippen LogP contribution in [0, 0.1) is 34.0 Å². The number of furan rings is 1. The van der Waals surface area contributed by atoms with Gasteiger partial charge in [-0.25, -0.2) is 0 Å². The lowest BCUT2D eigenvalue weighted by Crippen LogP contribution is -2.67. The van der Waals surface area contributed by atoms with Gasteiger partial charge in [-0.15, -0.1) is 23.2 Å². The first kappa shape index (κ1) is 25.0. The first-order valence-electron chi connectivity index (χ1n) is 12.4. The summed E-state index contributed by atoms with van der Waals surface area (Å²) in [6.45, 7) is 6.09. The van der Waals surface area contributed by atoms with Crippen LogP contribution in [0.1, 0.15) is 63.4 Å². The molecule has 35 heavy (non-hydrogen) atoms. The molecule has 1 aromatic heterocycles. The lowest BCUT2D eigenvalue weighted by Gasteiger charge is -2.64. The van der Waals surface area contributed by atoms with E-state index < -0.39 is 27.2 Å². The van der Waals surface area contributed by atoms with Crippen molar-refractivity contribution in [1.82, 2.24) is 0 Å². The van der Waals surface area contributed by atoms with Crippen molar-refractivity contribution >= 4 is 40.6 Å². The summed E-state index contributed by atoms with van der Waals surface area (Å²) < 4.78 is 5.37. The van der Waals surface area contributed by atoms with Gasteiger partial charge in [-0.1, -0.05) is 38.5 Å². The smallest absolute Gasteiger partial charge is 0.199 e. The van der Waals surface area contributed by atoms with Crippen LogP contribution in [0.2, 0.25) is 0 Å². The molecule has 4 aliphatic rings. The van der Waals surface area contributed by atoms with E-state index in [9.17, 15) is 19.5 Å². The van der Waals surface area contributed by atoms with Gasteiger partial charge in [-0.2, -0.15) is 0 Å². The van der Waals surface area contributed by atoms with E-state index in [1.165, 1.54) is 6.26 Å². The minimum absolute atomic E-state index is 0.00405. The highest BCUT2D eigenvalue weighted by Gasteiger charge is 2.74. The van der Waals surface area contributed by atoms with Gasteiger partial charge in [0, 0.05) is 23.7 Å². The summed E-state index contributed by atoms with van der Waals surface area (Å²) in [6, 6.07) is 3.28. The molecule has 0 saturated heterocycles. The van der Waals surface area contributed by atoms with Crippen LogP contribution >= 0.6 is 23.2 Å². The summed E-state index contributed by atoms with van der Waals surface area (Å²) in [5.74, 6) is -0.582. The average molecular weight is 519 g/mol. The summed E-state index contributed by atoms with van der Waals surface area (Å²) in [5.41, 5.74) is -1.42. The molecule has 1 heterocycles. The van der Waals surface area contributed by atoms with Crippen molar-refractivity contribution in [2.45, 2.75) is 63.9 Å². The maximum absolute atomic E-state index is 13.7. The summed E-state index contributed by atoms with van der Waals surface area (Å²) in [5, 5.41) is 11.8. The second-order valence-corrected chi connectivity index (χ2v) is 12.4. The lowest BCUT2D eigenvalue weighted by molar-refractivity contribution is -0.150. The number of carbonyl (C=O) groups excluding carboxylic acids is 3. The maximum atomic E-state index is 13.7. The van der Waals surface area contributed by atoms with Gasteiger partial charge in [0.1, 0.15) is 0 Å². The molecule has 0 amide bonds. The Morgan fingerprint density at radius 3 is 2.66 bits per heavy atom. The van der Waals surface area contributed by atoms with Gasteiger partial charge >= 0.3 is 0 Å². The Morgan fingerprint density at radius 2 is 2.00 bits per heavy atom. The lowest BCUT2D eigenvalue weighted by atomic mass is 9.44. The van der Waals surface area contributed by atoms with Crippen LogP contribution in [0.25, 0.3) is 0 Å². The topological polar surface area (TPSA) is 84.6 Å². The van der Waals surface area contributed by atoms with Crippen LogP contribution in [-0.4, -0.2) is 39.3 Å². The van der Waals surface area contributed by atoms with Crippen LogP contribution in [-0.2, 0) is 9.59 Å². The van der Waals surface area contributed by atoms with Crippen molar-refractivity contribution in [2.24, 2.45) is 34.0 Å². The summed E-state index contributed by atoms with van der Waals surface area (Å²) in [4.78, 5) is 38.2. The number of allylic oxidation sites excluding steroid dienone is 4. The van der Waals surface area contributed by atoms with Crippen molar-refractivity contribution in [3.05, 3.63) is 48.0 Å². The Labute approximate surface area is 215 Å². The Balaban J connectivity index is 1.62. The van der Waals surface area contributed by atoms with Crippen molar-refractivity contribution in [1.29, 1.82) is 0 Å². The molecule has 1 aromatic rings. The zero-order chi connectivity index (χ0) is 25.4. The van der Waals surface area contributed by atoms with E-state index in [1.807, 2.05) is 26.8 Å². The Hall–Kier alpha value is -1.69. The van der Waals surface area contributed by atoms with Gasteiger partial charge in [-0.05, 0) is 60.6 Å². The molecule has 2 saturated carbocycles. The van der Waals surface area contributed by atoms with Gasteiger partial charge in [0.15, 0.2) is 23.1 Å². The molecule has 5 rings (SSSR count). The van der Waals surface area contributed by atoms with Crippen LogP contribution in [0.15, 0.2) is 46.6 Å². The van der Waals surface area contributed by atoms with Crippen molar-refractivity contribution in [3.63, 3.8) is 0 Å². The third-order valence-corrected chi connectivity index (χ3v) is 11.5. The number of fused-ring (bicyclic) bond motifs is 5. The molecular formula is C28H32Cl2O5. The molecule has 0 aliphatic heterocycles. The van der Waals surface area contributed by atoms with E-state index in [2.05, 4.69) is 6.08 Å². The first-order chi connectivity index (χ1) is 16.5. The molecule has 0 aromatic carbocycles. The van der Waals surface area contributed by atoms with Crippen LogP contribution < -0.4 is 0 Å². The summed E-state index contributed by atoms with van der Waals surface area (Å²) in [7, 11) is 0. The Bertz CT molecular complexity index is 1140. The molecule has 4 unspecified atom stereocenters. The molecule has 4 aliphatic carbocycles. The molecule has 0 radical (unpaired) electrons. The van der Waals surface area contributed by atoms with E-state index in [-0.39, 0.29) is 59.6 Å². The number of ketones is 3. The zero-order valence-corrected chi connectivity index (χ0v) is 21.9. The van der Waals surface area contributed by atoms with Crippen LogP contribution in [0.4, 0.5) is 0 Å². The van der Waals surface area contributed by atoms with Crippen molar-refractivity contribution in [3.8, 4) is 0 Å². The number of Topliss-reactive ketones (excluding diaryl/α,β-unsaturated/α-hetero) is 2. The van der Waals surface area contributed by atoms with Gasteiger partial charge in [-0.3, -0.25) is 14.4 Å². The molecule has 8 atom stereocenters. The number of carbonyl (C=O) groups is 3. The van der Waals surface area contributed by atoms with E-state index >= 15 is 0 Å². The van der Waals surface area contributed by atoms with E-state index in [4.69, 9.17) is 27.6 Å². The second-order valence-electron chi connectivity index (χ2n) is 11.5. The summed E-state index contributed by atoms with van der Waals surface area (Å²) >= 11 is 13.7. The predicted molar refractivity (Wildman–Crippen MR) is 133 cm³/mol. The minimum Gasteiger partial charge on any atom is -0.461 e. The second kappa shape index (κ2) is 8.16. The minimum atomic E-state index is -1.04. The van der Waals surface area contributed by atoms with Crippen molar-refractivity contribution < 1.29 is 23.9 Å². The summed E-state index contributed by atoms with van der Waals surface area (Å²) in [6.07, 6.45) is 7.99. The molecule has 7 heteroatoms. The highest BCUT2D eigenvalue weighted by atomic mass is 35.5. The van der Waals surface area contributed by atoms with Gasteiger partial charge in [0.05, 0.1) is 23.1 Å². The maximum Gasteiger partial charge on any atom is 0.199 e. The average Bonchev–Trinajstić information content (AvgIpc) is 3.42. The molecule has 5 nitrogen and oxygen atoms in total. The zero-order valence-electron chi connectivity index (χ0n) is 20.4. The fraction of sp³-hybridized carbons (Fsp3) is 0.607. The predicted octanol–water partition coefficient (Wildman–Crippen LogP) is 5.53. The molecule has 1 N–H and O–H groups in total. The Kier molecular flexibility index (Phi) is 5.82. The monoisotopic (exact) mass is 518 g/mol. The highest BCUT2D eigenvalue weighted by molar-refractivity contribution is 6.29. The number of rotatable bonds is 5. The third kappa shape index (κ3) is 3.07. The standard InChI is InChI=1S/C28H32Cl2O5/c1-16-11-20-19-7-6-17-12-18(31)8-9-25(17,2)28(19,30)23(33)14-26(20,3)27(16,24(34)15-29)13-21(32)22-5-4-10-35-22/h4-6,8-10,16,19-20,23,33H,7,11-15H2,1-3H3/t16-,19?,20?,23?,25+,26+,27-,28?/m1/s1.